The van der Waals surface area contributed by atoms with Gasteiger partial charge < -0.3 is 15.1 Å². The Morgan fingerprint density at radius 1 is 1.15 bits per heavy atom. The molecule has 1 N–H and O–H groups in total. The van der Waals surface area contributed by atoms with Crippen LogP contribution in [0.4, 0.5) is 11.4 Å². The molecule has 33 heavy (non-hydrogen) atoms. The maximum Gasteiger partial charge on any atom is 0.246 e. The van der Waals surface area contributed by atoms with Gasteiger partial charge in [0.15, 0.2) is 0 Å². The summed E-state index contributed by atoms with van der Waals surface area (Å²) >= 11 is 12.9. The highest BCUT2D eigenvalue weighted by atomic mass is 35.5. The van der Waals surface area contributed by atoms with E-state index in [1.165, 1.54) is 6.08 Å². The summed E-state index contributed by atoms with van der Waals surface area (Å²) in [5.41, 5.74) is 2.38. The second kappa shape index (κ2) is 9.40. The minimum absolute atomic E-state index is 0.0656. The zero-order chi connectivity index (χ0) is 24.6. The smallest absolute Gasteiger partial charge is 0.246 e. The van der Waals surface area contributed by atoms with Gasteiger partial charge in [0.25, 0.3) is 0 Å². The summed E-state index contributed by atoms with van der Waals surface area (Å²) < 4.78 is 0. The van der Waals surface area contributed by atoms with Crippen LogP contribution in [-0.2, 0) is 20.5 Å². The van der Waals surface area contributed by atoms with Crippen molar-refractivity contribution < 1.29 is 9.59 Å². The van der Waals surface area contributed by atoms with Gasteiger partial charge in [0.05, 0.1) is 21.0 Å². The molecular formula is C26H31Cl2N3O2. The Morgan fingerprint density at radius 2 is 1.85 bits per heavy atom. The molecule has 1 saturated heterocycles. The molecule has 1 unspecified atom stereocenters. The van der Waals surface area contributed by atoms with Crippen molar-refractivity contribution in [2.45, 2.75) is 45.1 Å². The molecule has 0 spiro atoms. The average Bonchev–Trinajstić information content (AvgIpc) is 3.31. The fraction of sp³-hybridized carbons (Fsp3) is 0.385. The normalized spacial score (nSPS) is 20.8. The lowest BCUT2D eigenvalue weighted by molar-refractivity contribution is -0.125. The van der Waals surface area contributed by atoms with Crippen LogP contribution in [0, 0.1) is 0 Å². The summed E-state index contributed by atoms with van der Waals surface area (Å²) in [7, 11) is 1.79. The molecule has 2 aromatic rings. The summed E-state index contributed by atoms with van der Waals surface area (Å²) in [6.45, 7) is 12.5. The van der Waals surface area contributed by atoms with Gasteiger partial charge in [-0.15, -0.1) is 0 Å². The lowest BCUT2D eigenvalue weighted by atomic mass is 9.85. The molecule has 5 nitrogen and oxygen atoms in total. The minimum Gasteiger partial charge on any atom is -0.374 e. The lowest BCUT2D eigenvalue weighted by Crippen LogP contribution is -2.40. The van der Waals surface area contributed by atoms with Gasteiger partial charge in [-0.25, -0.2) is 0 Å². The second-order valence-corrected chi connectivity index (χ2v) is 9.53. The summed E-state index contributed by atoms with van der Waals surface area (Å²) in [6, 6.07) is 11.5. The van der Waals surface area contributed by atoms with Crippen molar-refractivity contribution in [3.8, 4) is 0 Å². The molecule has 176 valence electrons. The predicted molar refractivity (Wildman–Crippen MR) is 137 cm³/mol. The van der Waals surface area contributed by atoms with E-state index in [2.05, 4.69) is 11.9 Å². The van der Waals surface area contributed by atoms with E-state index in [1.54, 1.807) is 22.9 Å². The monoisotopic (exact) mass is 487 g/mol. The fourth-order valence-electron chi connectivity index (χ4n) is 4.73. The van der Waals surface area contributed by atoms with Crippen LogP contribution in [0.25, 0.3) is 0 Å². The van der Waals surface area contributed by atoms with Gasteiger partial charge in [-0.3, -0.25) is 9.59 Å². The van der Waals surface area contributed by atoms with Crippen LogP contribution in [0.3, 0.4) is 0 Å². The Labute approximate surface area is 206 Å². The standard InChI is InChI=1S/C24H25Cl2N3O2.C2H6/c1-5-20(30)29-12-11-24(14-29,17-7-6-8-18(25)21(17)26)27-15-9-10-16-19(13-15)28(4)22(31)23(16,2)3;1-2/h5-10,13,27H,1,11-12,14H2,2-4H3;1-2H3. The Morgan fingerprint density at radius 3 is 2.52 bits per heavy atom. The maximum absolute atomic E-state index is 12.7. The third kappa shape index (κ3) is 4.24. The molecule has 0 aromatic heterocycles. The van der Waals surface area contributed by atoms with Crippen LogP contribution < -0.4 is 10.2 Å². The van der Waals surface area contributed by atoms with E-state index in [0.717, 1.165) is 22.5 Å². The molecule has 2 aromatic carbocycles. The first kappa shape index (κ1) is 25.1. The highest BCUT2D eigenvalue weighted by Gasteiger charge is 2.44. The van der Waals surface area contributed by atoms with E-state index in [9.17, 15) is 9.59 Å². The number of fused-ring (bicyclic) bond motifs is 1. The molecule has 0 saturated carbocycles. The Bertz CT molecular complexity index is 1100. The van der Waals surface area contributed by atoms with E-state index in [0.29, 0.717) is 29.6 Å². The number of nitrogens with zero attached hydrogens (tertiary/aromatic N) is 2. The van der Waals surface area contributed by atoms with Gasteiger partial charge in [0.1, 0.15) is 0 Å². The van der Waals surface area contributed by atoms with Crippen LogP contribution in [0.2, 0.25) is 10.0 Å². The number of carbonyl (C=O) groups excluding carboxylic acids is 2. The number of likely N-dealkylation sites (N-methyl/N-ethyl adjacent to an activating group) is 1. The molecule has 2 aliphatic rings. The van der Waals surface area contributed by atoms with E-state index in [-0.39, 0.29) is 11.8 Å². The van der Waals surface area contributed by atoms with Crippen molar-refractivity contribution in [3.05, 3.63) is 70.2 Å². The van der Waals surface area contributed by atoms with Crippen molar-refractivity contribution >= 4 is 46.4 Å². The van der Waals surface area contributed by atoms with E-state index < -0.39 is 11.0 Å². The lowest BCUT2D eigenvalue weighted by Gasteiger charge is -2.33. The fourth-order valence-corrected chi connectivity index (χ4v) is 5.21. The molecule has 2 aliphatic heterocycles. The molecule has 2 heterocycles. The Kier molecular flexibility index (Phi) is 7.15. The van der Waals surface area contributed by atoms with Crippen molar-refractivity contribution in [1.82, 2.24) is 4.90 Å². The number of rotatable bonds is 4. The number of benzene rings is 2. The second-order valence-electron chi connectivity index (χ2n) is 8.74. The number of likely N-dealkylation sites (tertiary alicyclic amines) is 1. The van der Waals surface area contributed by atoms with Crippen molar-refractivity contribution in [1.29, 1.82) is 0 Å². The van der Waals surface area contributed by atoms with Gasteiger partial charge in [0.2, 0.25) is 11.8 Å². The molecule has 7 heteroatoms. The highest BCUT2D eigenvalue weighted by Crippen LogP contribution is 2.45. The van der Waals surface area contributed by atoms with Crippen molar-refractivity contribution in [2.24, 2.45) is 0 Å². The molecule has 1 atom stereocenters. The first-order valence-corrected chi connectivity index (χ1v) is 11.9. The maximum atomic E-state index is 12.7. The van der Waals surface area contributed by atoms with E-state index in [1.807, 2.05) is 58.0 Å². The summed E-state index contributed by atoms with van der Waals surface area (Å²) in [6.07, 6.45) is 1.98. The van der Waals surface area contributed by atoms with Crippen LogP contribution in [0.1, 0.15) is 45.2 Å². The number of nitrogens with one attached hydrogen (secondary N) is 1. The van der Waals surface area contributed by atoms with Crippen molar-refractivity contribution in [2.75, 3.05) is 30.4 Å². The number of hydrogen-bond acceptors (Lipinski definition) is 3. The van der Waals surface area contributed by atoms with E-state index in [4.69, 9.17) is 23.2 Å². The summed E-state index contributed by atoms with van der Waals surface area (Å²) in [4.78, 5) is 28.4. The third-order valence-corrected chi connectivity index (χ3v) is 7.30. The molecular weight excluding hydrogens is 457 g/mol. The predicted octanol–water partition coefficient (Wildman–Crippen LogP) is 6.00. The van der Waals surface area contributed by atoms with Gasteiger partial charge in [-0.05, 0) is 55.7 Å². The quantitative estimate of drug-likeness (QED) is 0.538. The van der Waals surface area contributed by atoms with Gasteiger partial charge >= 0.3 is 0 Å². The number of hydrogen-bond donors (Lipinski definition) is 1. The zero-order valence-electron chi connectivity index (χ0n) is 19.8. The molecule has 1 fully saturated rings. The number of carbonyl (C=O) groups is 2. The first-order valence-electron chi connectivity index (χ1n) is 11.2. The first-order chi connectivity index (χ1) is 15.6. The summed E-state index contributed by atoms with van der Waals surface area (Å²) in [5, 5.41) is 4.57. The topological polar surface area (TPSA) is 52.7 Å². The van der Waals surface area contributed by atoms with Crippen molar-refractivity contribution in [3.63, 3.8) is 0 Å². The van der Waals surface area contributed by atoms with Crippen LogP contribution in [0.5, 0.6) is 0 Å². The Balaban J connectivity index is 0.00000149. The van der Waals surface area contributed by atoms with E-state index >= 15 is 0 Å². The molecule has 0 aliphatic carbocycles. The van der Waals surface area contributed by atoms with Gasteiger partial charge in [-0.1, -0.05) is 61.8 Å². The van der Waals surface area contributed by atoms with Gasteiger partial charge in [0, 0.05) is 31.5 Å². The molecule has 4 rings (SSSR count). The zero-order valence-corrected chi connectivity index (χ0v) is 21.3. The van der Waals surface area contributed by atoms with Crippen LogP contribution in [0.15, 0.2) is 49.1 Å². The van der Waals surface area contributed by atoms with Crippen LogP contribution in [-0.4, -0.2) is 36.9 Å². The van der Waals surface area contributed by atoms with Crippen LogP contribution >= 0.6 is 23.2 Å². The third-order valence-electron chi connectivity index (χ3n) is 6.48. The van der Waals surface area contributed by atoms with Gasteiger partial charge in [-0.2, -0.15) is 0 Å². The molecule has 2 amide bonds. The minimum atomic E-state index is -0.619. The molecule has 0 bridgehead atoms. The molecule has 0 radical (unpaired) electrons. The number of halogens is 2. The summed E-state index contributed by atoms with van der Waals surface area (Å²) in [5.74, 6) is -0.0567. The largest absolute Gasteiger partial charge is 0.374 e. The Hall–Kier alpha value is -2.50. The number of amides is 2. The highest BCUT2D eigenvalue weighted by molar-refractivity contribution is 6.42. The SMILES string of the molecule is C=CC(=O)N1CCC(Nc2ccc3c(c2)N(C)C(=O)C3(C)C)(c2cccc(Cl)c2Cl)C1.CC. The average molecular weight is 488 g/mol. The number of anilines is 2.